The van der Waals surface area contributed by atoms with Gasteiger partial charge in [-0.15, -0.1) is 13.2 Å². The summed E-state index contributed by atoms with van der Waals surface area (Å²) in [6.07, 6.45) is 7.56. The molecule has 1 fully saturated rings. The molecule has 0 amide bonds. The van der Waals surface area contributed by atoms with Crippen molar-refractivity contribution in [3.05, 3.63) is 25.3 Å². The molecule has 2 nitrogen and oxygen atoms in total. The average Bonchev–Trinajstić information content (AvgIpc) is 2.46. The minimum absolute atomic E-state index is 0.156. The molecule has 20 heavy (non-hydrogen) atoms. The van der Waals surface area contributed by atoms with Gasteiger partial charge in [0.2, 0.25) is 0 Å². The summed E-state index contributed by atoms with van der Waals surface area (Å²) in [6, 6.07) is 0. The lowest BCUT2D eigenvalue weighted by atomic mass is 9.68. The molecule has 1 aliphatic heterocycles. The van der Waals surface area contributed by atoms with E-state index < -0.39 is 0 Å². The first-order chi connectivity index (χ1) is 9.39. The normalized spacial score (nSPS) is 38.6. The lowest BCUT2D eigenvalue weighted by Crippen LogP contribution is -2.68. The molecular formula is C18H33NO. The molecule has 0 aromatic carbocycles. The summed E-state index contributed by atoms with van der Waals surface area (Å²) in [7, 11) is 0. The Kier molecular flexibility index (Phi) is 6.03. The molecule has 1 aliphatic rings. The molecule has 1 saturated heterocycles. The van der Waals surface area contributed by atoms with Gasteiger partial charge >= 0.3 is 0 Å². The Morgan fingerprint density at radius 1 is 1.20 bits per heavy atom. The second-order valence-corrected chi connectivity index (χ2v) is 6.61. The second-order valence-electron chi connectivity index (χ2n) is 6.61. The van der Waals surface area contributed by atoms with E-state index in [2.05, 4.69) is 52.7 Å². The van der Waals surface area contributed by atoms with Crippen molar-refractivity contribution < 1.29 is 4.74 Å². The molecular weight excluding hydrogens is 246 g/mol. The summed E-state index contributed by atoms with van der Waals surface area (Å²) in [6.45, 7) is 21.0. The van der Waals surface area contributed by atoms with Crippen molar-refractivity contribution in [1.29, 1.82) is 0 Å². The highest BCUT2D eigenvalue weighted by Crippen LogP contribution is 2.46. The standard InChI is InChI=1S/C18H33NO/c1-8-12-19-17(6,10-3)14-16(20-13-9-2)15(5)18(19,7)11-4/h8-9,15-16H,1-2,10-14H2,3-7H3. The van der Waals surface area contributed by atoms with E-state index in [4.69, 9.17) is 4.74 Å². The van der Waals surface area contributed by atoms with E-state index in [1.165, 1.54) is 0 Å². The fourth-order valence-corrected chi connectivity index (χ4v) is 3.78. The third kappa shape index (κ3) is 3.01. The van der Waals surface area contributed by atoms with Crippen LogP contribution in [0.3, 0.4) is 0 Å². The van der Waals surface area contributed by atoms with Crippen molar-refractivity contribution in [3.63, 3.8) is 0 Å². The molecule has 0 radical (unpaired) electrons. The Morgan fingerprint density at radius 2 is 1.85 bits per heavy atom. The molecule has 0 aromatic rings. The Bertz CT molecular complexity index is 340. The Morgan fingerprint density at radius 3 is 2.30 bits per heavy atom. The Labute approximate surface area is 125 Å². The van der Waals surface area contributed by atoms with Crippen LogP contribution in [0.15, 0.2) is 25.3 Å². The molecule has 0 aromatic heterocycles. The van der Waals surface area contributed by atoms with Crippen molar-refractivity contribution in [2.75, 3.05) is 13.2 Å². The Hall–Kier alpha value is -0.600. The van der Waals surface area contributed by atoms with Crippen LogP contribution in [0.2, 0.25) is 0 Å². The van der Waals surface area contributed by atoms with Crippen LogP contribution in [0.1, 0.15) is 53.9 Å². The fourth-order valence-electron chi connectivity index (χ4n) is 3.78. The smallest absolute Gasteiger partial charge is 0.0648 e. The molecule has 116 valence electrons. The van der Waals surface area contributed by atoms with Crippen molar-refractivity contribution in [2.45, 2.75) is 71.1 Å². The summed E-state index contributed by atoms with van der Waals surface area (Å²) < 4.78 is 6.09. The van der Waals surface area contributed by atoms with Crippen molar-refractivity contribution in [2.24, 2.45) is 5.92 Å². The minimum atomic E-state index is 0.156. The van der Waals surface area contributed by atoms with E-state index in [0.29, 0.717) is 18.6 Å². The highest BCUT2D eigenvalue weighted by molar-refractivity contribution is 5.08. The van der Waals surface area contributed by atoms with E-state index in [1.54, 1.807) is 0 Å². The maximum absolute atomic E-state index is 6.09. The summed E-state index contributed by atoms with van der Waals surface area (Å²) in [5.41, 5.74) is 0.334. The van der Waals surface area contributed by atoms with E-state index in [0.717, 1.165) is 25.8 Å². The van der Waals surface area contributed by atoms with Crippen LogP contribution in [-0.4, -0.2) is 35.2 Å². The zero-order valence-electron chi connectivity index (χ0n) is 14.1. The lowest BCUT2D eigenvalue weighted by molar-refractivity contribution is -0.146. The van der Waals surface area contributed by atoms with Gasteiger partial charge in [-0.3, -0.25) is 4.90 Å². The van der Waals surface area contributed by atoms with Gasteiger partial charge in [0.05, 0.1) is 12.7 Å². The van der Waals surface area contributed by atoms with Gasteiger partial charge in [0.25, 0.3) is 0 Å². The summed E-state index contributed by atoms with van der Waals surface area (Å²) in [5, 5.41) is 0. The molecule has 0 aliphatic carbocycles. The highest BCUT2D eigenvalue weighted by atomic mass is 16.5. The van der Waals surface area contributed by atoms with Gasteiger partial charge in [0.15, 0.2) is 0 Å². The third-order valence-corrected chi connectivity index (χ3v) is 5.67. The van der Waals surface area contributed by atoms with Crippen LogP contribution in [0.4, 0.5) is 0 Å². The van der Waals surface area contributed by atoms with E-state index in [1.807, 2.05) is 12.2 Å². The van der Waals surface area contributed by atoms with E-state index >= 15 is 0 Å². The first kappa shape index (κ1) is 17.5. The van der Waals surface area contributed by atoms with Crippen LogP contribution in [0, 0.1) is 5.92 Å². The number of hydrogen-bond donors (Lipinski definition) is 0. The molecule has 1 heterocycles. The van der Waals surface area contributed by atoms with Gasteiger partial charge in [-0.1, -0.05) is 32.9 Å². The van der Waals surface area contributed by atoms with Gasteiger partial charge < -0.3 is 4.74 Å². The number of piperidine rings is 1. The number of rotatable bonds is 7. The number of nitrogens with zero attached hydrogens (tertiary/aromatic N) is 1. The number of ether oxygens (including phenoxy) is 1. The molecule has 0 bridgehead atoms. The van der Waals surface area contributed by atoms with Gasteiger partial charge in [-0.25, -0.2) is 0 Å². The minimum Gasteiger partial charge on any atom is -0.374 e. The SMILES string of the molecule is C=CCOC1CC(C)(CC)N(CC=C)C(C)(CC)C1C. The van der Waals surface area contributed by atoms with Gasteiger partial charge in [0, 0.05) is 23.5 Å². The van der Waals surface area contributed by atoms with E-state index in [-0.39, 0.29) is 11.1 Å². The fraction of sp³-hybridized carbons (Fsp3) is 0.778. The zero-order chi connectivity index (χ0) is 15.4. The van der Waals surface area contributed by atoms with Gasteiger partial charge in [-0.2, -0.15) is 0 Å². The first-order valence-corrected chi connectivity index (χ1v) is 8.00. The quantitative estimate of drug-likeness (QED) is 0.640. The molecule has 0 saturated carbocycles. The maximum Gasteiger partial charge on any atom is 0.0648 e. The monoisotopic (exact) mass is 279 g/mol. The zero-order valence-corrected chi connectivity index (χ0v) is 14.1. The summed E-state index contributed by atoms with van der Waals surface area (Å²) in [5.74, 6) is 0.507. The highest BCUT2D eigenvalue weighted by Gasteiger charge is 2.52. The van der Waals surface area contributed by atoms with Crippen LogP contribution in [0.25, 0.3) is 0 Å². The molecule has 0 N–H and O–H groups in total. The van der Waals surface area contributed by atoms with Crippen molar-refractivity contribution >= 4 is 0 Å². The predicted octanol–water partition coefficient (Wildman–Crippen LogP) is 4.42. The molecule has 2 heteroatoms. The Balaban J connectivity index is 3.13. The summed E-state index contributed by atoms with van der Waals surface area (Å²) >= 11 is 0. The van der Waals surface area contributed by atoms with Gasteiger partial charge in [0.1, 0.15) is 0 Å². The van der Waals surface area contributed by atoms with Crippen LogP contribution < -0.4 is 0 Å². The van der Waals surface area contributed by atoms with Crippen LogP contribution in [-0.2, 0) is 4.74 Å². The number of likely N-dealkylation sites (tertiary alicyclic amines) is 1. The topological polar surface area (TPSA) is 12.5 Å². The maximum atomic E-state index is 6.09. The predicted molar refractivity (Wildman–Crippen MR) is 88.0 cm³/mol. The first-order valence-electron chi connectivity index (χ1n) is 8.00. The lowest BCUT2D eigenvalue weighted by Gasteiger charge is -2.60. The number of hydrogen-bond acceptors (Lipinski definition) is 2. The largest absolute Gasteiger partial charge is 0.374 e. The molecule has 4 atom stereocenters. The van der Waals surface area contributed by atoms with Crippen LogP contribution in [0.5, 0.6) is 0 Å². The third-order valence-electron chi connectivity index (χ3n) is 5.67. The average molecular weight is 279 g/mol. The molecule has 0 spiro atoms. The van der Waals surface area contributed by atoms with Gasteiger partial charge in [-0.05, 0) is 33.1 Å². The molecule has 4 unspecified atom stereocenters. The second kappa shape index (κ2) is 6.91. The summed E-state index contributed by atoms with van der Waals surface area (Å²) in [4.78, 5) is 2.66. The van der Waals surface area contributed by atoms with E-state index in [9.17, 15) is 0 Å². The molecule has 1 rings (SSSR count). The van der Waals surface area contributed by atoms with Crippen LogP contribution >= 0.6 is 0 Å². The van der Waals surface area contributed by atoms with Crippen molar-refractivity contribution in [1.82, 2.24) is 4.90 Å². The van der Waals surface area contributed by atoms with Crippen molar-refractivity contribution in [3.8, 4) is 0 Å².